The van der Waals surface area contributed by atoms with Gasteiger partial charge in [0.05, 0.1) is 0 Å². The van der Waals surface area contributed by atoms with E-state index in [1.54, 1.807) is 0 Å². The normalized spacial score (nSPS) is 31.2. The SMILES string of the molecule is CNC1CCN(C(C)C)CC1CO. The van der Waals surface area contributed by atoms with Crippen molar-refractivity contribution < 1.29 is 5.11 Å². The largest absolute Gasteiger partial charge is 0.396 e. The van der Waals surface area contributed by atoms with E-state index in [2.05, 4.69) is 24.1 Å². The summed E-state index contributed by atoms with van der Waals surface area (Å²) in [5.41, 5.74) is 0. The van der Waals surface area contributed by atoms with E-state index in [9.17, 15) is 5.11 Å². The van der Waals surface area contributed by atoms with Crippen LogP contribution in [-0.4, -0.2) is 48.8 Å². The topological polar surface area (TPSA) is 35.5 Å². The summed E-state index contributed by atoms with van der Waals surface area (Å²) in [6.07, 6.45) is 1.15. The number of aliphatic hydroxyl groups is 1. The van der Waals surface area contributed by atoms with E-state index in [0.717, 1.165) is 19.5 Å². The Morgan fingerprint density at radius 2 is 2.23 bits per heavy atom. The molecule has 0 amide bonds. The van der Waals surface area contributed by atoms with Crippen molar-refractivity contribution in [2.24, 2.45) is 5.92 Å². The van der Waals surface area contributed by atoms with Crippen LogP contribution in [0.4, 0.5) is 0 Å². The van der Waals surface area contributed by atoms with Gasteiger partial charge in [-0.1, -0.05) is 0 Å². The maximum absolute atomic E-state index is 9.23. The Bertz CT molecular complexity index is 150. The molecule has 0 aliphatic carbocycles. The average Bonchev–Trinajstić information content (AvgIpc) is 2.16. The van der Waals surface area contributed by atoms with Gasteiger partial charge in [-0.3, -0.25) is 0 Å². The third-order valence-corrected chi connectivity index (χ3v) is 3.10. The van der Waals surface area contributed by atoms with Crippen LogP contribution < -0.4 is 5.32 Å². The maximum Gasteiger partial charge on any atom is 0.0486 e. The first-order valence-corrected chi connectivity index (χ1v) is 5.21. The van der Waals surface area contributed by atoms with Crippen molar-refractivity contribution in [3.63, 3.8) is 0 Å². The Kier molecular flexibility index (Phi) is 4.16. The average molecular weight is 186 g/mol. The molecule has 1 heterocycles. The molecule has 0 aromatic carbocycles. The van der Waals surface area contributed by atoms with Crippen molar-refractivity contribution in [2.45, 2.75) is 32.4 Å². The second kappa shape index (κ2) is 4.94. The van der Waals surface area contributed by atoms with Crippen molar-refractivity contribution in [3.05, 3.63) is 0 Å². The zero-order valence-electron chi connectivity index (χ0n) is 8.95. The lowest BCUT2D eigenvalue weighted by atomic mass is 9.92. The van der Waals surface area contributed by atoms with Crippen LogP contribution in [0.25, 0.3) is 0 Å². The first-order valence-electron chi connectivity index (χ1n) is 5.21. The Morgan fingerprint density at radius 3 is 2.69 bits per heavy atom. The molecule has 0 saturated carbocycles. The number of likely N-dealkylation sites (tertiary alicyclic amines) is 1. The molecular formula is C10H22N2O. The van der Waals surface area contributed by atoms with E-state index in [-0.39, 0.29) is 0 Å². The van der Waals surface area contributed by atoms with Crippen molar-refractivity contribution >= 4 is 0 Å². The van der Waals surface area contributed by atoms with Gasteiger partial charge in [-0.2, -0.15) is 0 Å². The van der Waals surface area contributed by atoms with Crippen molar-refractivity contribution in [2.75, 3.05) is 26.7 Å². The third kappa shape index (κ3) is 2.66. The lowest BCUT2D eigenvalue weighted by Crippen LogP contribution is -2.51. The van der Waals surface area contributed by atoms with Crippen LogP contribution in [0.2, 0.25) is 0 Å². The molecule has 3 heteroatoms. The minimum Gasteiger partial charge on any atom is -0.396 e. The lowest BCUT2D eigenvalue weighted by molar-refractivity contribution is 0.0747. The zero-order valence-corrected chi connectivity index (χ0v) is 8.95. The van der Waals surface area contributed by atoms with Gasteiger partial charge in [0.2, 0.25) is 0 Å². The summed E-state index contributed by atoms with van der Waals surface area (Å²) in [6, 6.07) is 1.10. The van der Waals surface area contributed by atoms with Crippen molar-refractivity contribution in [1.82, 2.24) is 10.2 Å². The molecule has 0 radical (unpaired) electrons. The molecule has 0 aromatic rings. The van der Waals surface area contributed by atoms with Gasteiger partial charge in [0.1, 0.15) is 0 Å². The number of aliphatic hydroxyl groups excluding tert-OH is 1. The molecule has 1 saturated heterocycles. The number of hydrogen-bond donors (Lipinski definition) is 2. The Balaban J connectivity index is 2.47. The van der Waals surface area contributed by atoms with Crippen LogP contribution in [0.3, 0.4) is 0 Å². The Hall–Kier alpha value is -0.120. The third-order valence-electron chi connectivity index (χ3n) is 3.10. The van der Waals surface area contributed by atoms with Gasteiger partial charge in [0, 0.05) is 31.2 Å². The summed E-state index contributed by atoms with van der Waals surface area (Å²) in [7, 11) is 1.98. The molecule has 1 rings (SSSR count). The highest BCUT2D eigenvalue weighted by Crippen LogP contribution is 2.18. The maximum atomic E-state index is 9.23. The van der Waals surface area contributed by atoms with Gasteiger partial charge >= 0.3 is 0 Å². The summed E-state index contributed by atoms with van der Waals surface area (Å²) in [4.78, 5) is 2.44. The molecule has 0 bridgehead atoms. The van der Waals surface area contributed by atoms with Crippen LogP contribution in [-0.2, 0) is 0 Å². The second-order valence-electron chi connectivity index (χ2n) is 4.22. The van der Waals surface area contributed by atoms with Gasteiger partial charge in [-0.05, 0) is 33.9 Å². The highest BCUT2D eigenvalue weighted by Gasteiger charge is 2.28. The molecular weight excluding hydrogens is 164 g/mol. The minimum atomic E-state index is 0.300. The summed E-state index contributed by atoms with van der Waals surface area (Å²) in [6.45, 7) is 6.91. The van der Waals surface area contributed by atoms with E-state index in [0.29, 0.717) is 24.6 Å². The minimum absolute atomic E-state index is 0.300. The van der Waals surface area contributed by atoms with Crippen molar-refractivity contribution in [3.8, 4) is 0 Å². The van der Waals surface area contributed by atoms with E-state index in [4.69, 9.17) is 0 Å². The standard InChI is InChI=1S/C10H22N2O/c1-8(2)12-5-4-10(11-3)9(6-12)7-13/h8-11,13H,4-7H2,1-3H3. The monoisotopic (exact) mass is 186 g/mol. The lowest BCUT2D eigenvalue weighted by Gasteiger charge is -2.39. The molecule has 0 spiro atoms. The quantitative estimate of drug-likeness (QED) is 0.665. The molecule has 0 aromatic heterocycles. The van der Waals surface area contributed by atoms with Gasteiger partial charge in [0.15, 0.2) is 0 Å². The van der Waals surface area contributed by atoms with Gasteiger partial charge in [-0.15, -0.1) is 0 Å². The summed E-state index contributed by atoms with van der Waals surface area (Å²) < 4.78 is 0. The molecule has 2 unspecified atom stereocenters. The predicted molar refractivity (Wildman–Crippen MR) is 54.7 cm³/mol. The van der Waals surface area contributed by atoms with Crippen LogP contribution in [0.15, 0.2) is 0 Å². The van der Waals surface area contributed by atoms with Crippen molar-refractivity contribution in [1.29, 1.82) is 0 Å². The van der Waals surface area contributed by atoms with E-state index in [1.807, 2.05) is 7.05 Å². The highest BCUT2D eigenvalue weighted by atomic mass is 16.3. The molecule has 1 fully saturated rings. The van der Waals surface area contributed by atoms with E-state index in [1.165, 1.54) is 0 Å². The number of nitrogens with zero attached hydrogens (tertiary/aromatic N) is 1. The summed E-state index contributed by atoms with van der Waals surface area (Å²) in [5.74, 6) is 0.404. The number of rotatable bonds is 3. The van der Waals surface area contributed by atoms with E-state index < -0.39 is 0 Å². The van der Waals surface area contributed by atoms with Crippen LogP contribution >= 0.6 is 0 Å². The summed E-state index contributed by atoms with van der Waals surface area (Å²) in [5, 5.41) is 12.5. The fraction of sp³-hybridized carbons (Fsp3) is 1.00. The van der Waals surface area contributed by atoms with Gasteiger partial charge in [-0.25, -0.2) is 0 Å². The van der Waals surface area contributed by atoms with Gasteiger partial charge < -0.3 is 15.3 Å². The van der Waals surface area contributed by atoms with E-state index >= 15 is 0 Å². The van der Waals surface area contributed by atoms with Crippen LogP contribution in [0.1, 0.15) is 20.3 Å². The predicted octanol–water partition coefficient (Wildman–Crippen LogP) is 0.297. The molecule has 1 aliphatic rings. The fourth-order valence-electron chi connectivity index (χ4n) is 2.09. The van der Waals surface area contributed by atoms with Crippen LogP contribution in [0, 0.1) is 5.92 Å². The molecule has 78 valence electrons. The Morgan fingerprint density at radius 1 is 1.54 bits per heavy atom. The fourth-order valence-corrected chi connectivity index (χ4v) is 2.09. The smallest absolute Gasteiger partial charge is 0.0486 e. The first-order chi connectivity index (χ1) is 6.19. The highest BCUT2D eigenvalue weighted by molar-refractivity contribution is 4.85. The molecule has 3 nitrogen and oxygen atoms in total. The number of nitrogens with one attached hydrogen (secondary N) is 1. The molecule has 2 atom stereocenters. The number of hydrogen-bond acceptors (Lipinski definition) is 3. The summed E-state index contributed by atoms with van der Waals surface area (Å²) >= 11 is 0. The molecule has 1 aliphatic heterocycles. The molecule has 13 heavy (non-hydrogen) atoms. The molecule has 2 N–H and O–H groups in total. The van der Waals surface area contributed by atoms with Crippen LogP contribution in [0.5, 0.6) is 0 Å². The first kappa shape index (κ1) is 11.0. The number of piperidine rings is 1. The zero-order chi connectivity index (χ0) is 9.84. The second-order valence-corrected chi connectivity index (χ2v) is 4.22. The van der Waals surface area contributed by atoms with Gasteiger partial charge in [0.25, 0.3) is 0 Å². The Labute approximate surface area is 81.1 Å².